The molecule has 0 spiro atoms. The van der Waals surface area contributed by atoms with Crippen LogP contribution >= 0.6 is 22.9 Å². The third-order valence-corrected chi connectivity index (χ3v) is 13.7. The minimum atomic E-state index is -0.967. The summed E-state index contributed by atoms with van der Waals surface area (Å²) in [5.74, 6) is -0.359. The number of nitrogens with zero attached hydrogens (tertiary/aromatic N) is 6. The SMILES string of the molecule is CN1c2nc(OC[C@@]34CCCN3C[C@H](F)C4)nc3c(F)c(-c4ccc(F)c5sc(N)c(C#N)c45)c(Cl)c(c23)OC2CCN(C(=O)[C@@H]3N[C@H]3C3CC3)CC21. The number of likely N-dealkylation sites (tertiary alicyclic amines) is 1. The lowest BCUT2D eigenvalue weighted by atomic mass is 9.95. The summed E-state index contributed by atoms with van der Waals surface area (Å²) in [6.07, 6.45) is 3.32. The van der Waals surface area contributed by atoms with E-state index in [0.29, 0.717) is 44.2 Å². The molecule has 6 atom stereocenters. The van der Waals surface area contributed by atoms with Crippen molar-refractivity contribution in [2.75, 3.05) is 50.5 Å². The van der Waals surface area contributed by atoms with Crippen molar-refractivity contribution in [2.24, 2.45) is 5.92 Å². The fourth-order valence-electron chi connectivity index (χ4n) is 9.42. The van der Waals surface area contributed by atoms with E-state index >= 15 is 8.78 Å². The summed E-state index contributed by atoms with van der Waals surface area (Å²) in [5.41, 5.74) is 5.56. The molecule has 5 aliphatic heterocycles. The second-order valence-electron chi connectivity index (χ2n) is 15.4. The fourth-order valence-corrected chi connectivity index (χ4v) is 10.7. The molecule has 0 bridgehead atoms. The first-order chi connectivity index (χ1) is 25.6. The molecule has 2 unspecified atom stereocenters. The highest BCUT2D eigenvalue weighted by Crippen LogP contribution is 2.52. The Morgan fingerprint density at radius 3 is 2.85 bits per heavy atom. The zero-order valence-electron chi connectivity index (χ0n) is 28.8. The second-order valence-corrected chi connectivity index (χ2v) is 16.8. The molecule has 1 saturated carbocycles. The number of hydrogen-bond donors (Lipinski definition) is 2. The molecule has 1 amide bonds. The van der Waals surface area contributed by atoms with E-state index < -0.39 is 35.5 Å². The molecule has 0 radical (unpaired) electrons. The number of amides is 1. The van der Waals surface area contributed by atoms with Gasteiger partial charge in [-0.25, -0.2) is 13.2 Å². The number of benzene rings is 2. The first kappa shape index (κ1) is 33.5. The van der Waals surface area contributed by atoms with Crippen LogP contribution in [-0.2, 0) is 4.79 Å². The van der Waals surface area contributed by atoms with Crippen LogP contribution in [-0.4, -0.2) is 101 Å². The van der Waals surface area contributed by atoms with E-state index in [1.165, 1.54) is 12.1 Å². The van der Waals surface area contributed by atoms with Gasteiger partial charge in [0.25, 0.3) is 0 Å². The topological polar surface area (TPSA) is 143 Å². The van der Waals surface area contributed by atoms with E-state index in [1.807, 2.05) is 22.9 Å². The zero-order valence-corrected chi connectivity index (χ0v) is 30.4. The maximum atomic E-state index is 17.4. The van der Waals surface area contributed by atoms with Crippen LogP contribution in [0.4, 0.5) is 24.0 Å². The number of nitrogens with one attached hydrogen (secondary N) is 1. The highest BCUT2D eigenvalue weighted by molar-refractivity contribution is 7.23. The Morgan fingerprint density at radius 1 is 1.23 bits per heavy atom. The average molecular weight is 765 g/mol. The van der Waals surface area contributed by atoms with Crippen molar-refractivity contribution < 1.29 is 27.4 Å². The largest absolute Gasteiger partial charge is 0.486 e. The molecule has 11 nitrogen and oxygen atoms in total. The molecule has 2 aromatic carbocycles. The number of halogens is 4. The van der Waals surface area contributed by atoms with Gasteiger partial charge in [0, 0.05) is 56.5 Å². The lowest BCUT2D eigenvalue weighted by Gasteiger charge is -2.41. The minimum absolute atomic E-state index is 0.0169. The molecule has 6 aliphatic rings. The summed E-state index contributed by atoms with van der Waals surface area (Å²) in [6.45, 7) is 2.03. The molecule has 276 valence electrons. The number of nitrogen functional groups attached to an aromatic ring is 1. The van der Waals surface area contributed by atoms with Gasteiger partial charge in [0.15, 0.2) is 11.6 Å². The summed E-state index contributed by atoms with van der Waals surface area (Å²) in [6, 6.07) is 4.18. The Hall–Kier alpha value is -4.10. The first-order valence-electron chi connectivity index (χ1n) is 18.2. The van der Waals surface area contributed by atoms with Crippen LogP contribution in [0.5, 0.6) is 11.8 Å². The smallest absolute Gasteiger partial charge is 0.319 e. The Kier molecular flexibility index (Phi) is 7.55. The van der Waals surface area contributed by atoms with Crippen molar-refractivity contribution in [1.82, 2.24) is 25.1 Å². The van der Waals surface area contributed by atoms with Crippen LogP contribution in [0.15, 0.2) is 12.1 Å². The number of ether oxygens (including phenoxy) is 2. The van der Waals surface area contributed by atoms with Gasteiger partial charge < -0.3 is 25.0 Å². The number of hydrogen-bond acceptors (Lipinski definition) is 11. The monoisotopic (exact) mass is 764 g/mol. The first-order valence-corrected chi connectivity index (χ1v) is 19.4. The highest BCUT2D eigenvalue weighted by Gasteiger charge is 2.53. The van der Waals surface area contributed by atoms with Crippen LogP contribution in [0.25, 0.3) is 32.1 Å². The van der Waals surface area contributed by atoms with Crippen LogP contribution in [0, 0.1) is 28.9 Å². The quantitative estimate of drug-likeness (QED) is 0.245. The summed E-state index contributed by atoms with van der Waals surface area (Å²) < 4.78 is 60.3. The third kappa shape index (κ3) is 5.08. The predicted octanol–water partition coefficient (Wildman–Crippen LogP) is 5.40. The van der Waals surface area contributed by atoms with Gasteiger partial charge in [0.1, 0.15) is 53.1 Å². The third-order valence-electron chi connectivity index (χ3n) is 12.3. The molecule has 2 aromatic heterocycles. The van der Waals surface area contributed by atoms with Crippen molar-refractivity contribution in [3.8, 4) is 29.0 Å². The van der Waals surface area contributed by atoms with Crippen molar-refractivity contribution in [2.45, 2.75) is 74.5 Å². The number of carbonyl (C=O) groups excluding carboxylic acids is 1. The normalized spacial score (nSPS) is 29.2. The Labute approximate surface area is 311 Å². The van der Waals surface area contributed by atoms with Gasteiger partial charge in [-0.05, 0) is 49.8 Å². The Bertz CT molecular complexity index is 2280. The molecule has 4 saturated heterocycles. The second kappa shape index (κ2) is 11.9. The lowest BCUT2D eigenvalue weighted by Crippen LogP contribution is -2.58. The molecular weight excluding hydrogens is 729 g/mol. The van der Waals surface area contributed by atoms with Gasteiger partial charge in [-0.15, -0.1) is 11.3 Å². The number of thiophene rings is 1. The van der Waals surface area contributed by atoms with Gasteiger partial charge in [-0.3, -0.25) is 15.0 Å². The van der Waals surface area contributed by atoms with Crippen molar-refractivity contribution in [1.29, 1.82) is 5.26 Å². The molecule has 3 N–H and O–H groups in total. The molecule has 7 heterocycles. The standard InChI is InChI=1S/C37H36ClF3N8O3S/c1-47-21-14-48(35(50)30-28(44-30)16-3-4-16)10-7-22(21)52-31-25-29(45-36(46-34(25)47)51-15-37-8-2-9-49(37)13-17(39)11-37)27(41)24(26(31)38)18-5-6-20(40)32-23(18)19(12-42)33(43)53-32/h5-6,16-17,21-22,28,30,44H,2-4,7-11,13-15,43H2,1H3/t17-,21?,22?,28+,30-,37+/m1/s1. The number of aromatic nitrogens is 2. The molecule has 1 aliphatic carbocycles. The van der Waals surface area contributed by atoms with Gasteiger partial charge in [0.2, 0.25) is 5.91 Å². The minimum Gasteiger partial charge on any atom is -0.486 e. The summed E-state index contributed by atoms with van der Waals surface area (Å²) in [5, 5.41) is 13.8. The van der Waals surface area contributed by atoms with Crippen molar-refractivity contribution in [3.63, 3.8) is 0 Å². The van der Waals surface area contributed by atoms with Crippen molar-refractivity contribution >= 4 is 60.7 Å². The number of likely N-dealkylation sites (N-methyl/N-ethyl adjacent to an activating group) is 1. The summed E-state index contributed by atoms with van der Waals surface area (Å²) >= 11 is 8.08. The van der Waals surface area contributed by atoms with Gasteiger partial charge >= 0.3 is 6.01 Å². The summed E-state index contributed by atoms with van der Waals surface area (Å²) in [4.78, 5) is 29.0. The fraction of sp³-hybridized carbons (Fsp3) is 0.514. The van der Waals surface area contributed by atoms with E-state index in [0.717, 1.165) is 43.6 Å². The predicted molar refractivity (Wildman–Crippen MR) is 194 cm³/mol. The van der Waals surface area contributed by atoms with Crippen LogP contribution < -0.4 is 25.4 Å². The van der Waals surface area contributed by atoms with Gasteiger partial charge in [-0.2, -0.15) is 15.2 Å². The maximum Gasteiger partial charge on any atom is 0.319 e. The number of piperidine rings is 1. The molecule has 16 heteroatoms. The molecular formula is C37H36ClF3N8O3S. The molecule has 4 aromatic rings. The summed E-state index contributed by atoms with van der Waals surface area (Å²) in [7, 11) is 1.83. The Morgan fingerprint density at radius 2 is 2.06 bits per heavy atom. The van der Waals surface area contributed by atoms with E-state index in [9.17, 15) is 14.4 Å². The van der Waals surface area contributed by atoms with Gasteiger partial charge in [-0.1, -0.05) is 17.7 Å². The number of carbonyl (C=O) groups is 1. The Balaban J connectivity index is 1.11. The van der Waals surface area contributed by atoms with Crippen LogP contribution in [0.1, 0.15) is 44.1 Å². The van der Waals surface area contributed by atoms with Gasteiger partial charge in [0.05, 0.1) is 32.3 Å². The van der Waals surface area contributed by atoms with Crippen LogP contribution in [0.2, 0.25) is 5.02 Å². The van der Waals surface area contributed by atoms with E-state index in [-0.39, 0.29) is 84.1 Å². The number of fused-ring (bicyclic) bond motifs is 3. The number of rotatable bonds is 6. The van der Waals surface area contributed by atoms with E-state index in [2.05, 4.69) is 15.2 Å². The maximum absolute atomic E-state index is 17.4. The number of anilines is 2. The highest BCUT2D eigenvalue weighted by atomic mass is 35.5. The van der Waals surface area contributed by atoms with Crippen LogP contribution in [0.3, 0.4) is 0 Å². The average Bonchev–Trinajstić information content (AvgIpc) is 4.05. The number of nitrogens with two attached hydrogens (primary N) is 1. The number of alkyl halides is 1. The molecule has 10 rings (SSSR count). The lowest BCUT2D eigenvalue weighted by molar-refractivity contribution is -0.133. The van der Waals surface area contributed by atoms with Crippen molar-refractivity contribution in [3.05, 3.63) is 34.4 Å². The van der Waals surface area contributed by atoms with E-state index in [1.54, 1.807) is 0 Å². The van der Waals surface area contributed by atoms with E-state index in [4.69, 9.17) is 31.8 Å². The zero-order chi connectivity index (χ0) is 36.5. The molecule has 5 fully saturated rings. The number of nitriles is 1. The molecule has 53 heavy (non-hydrogen) atoms.